The van der Waals surface area contributed by atoms with E-state index in [1.54, 1.807) is 6.92 Å². The first-order valence-corrected chi connectivity index (χ1v) is 7.00. The molecule has 110 valence electrons. The van der Waals surface area contributed by atoms with Gasteiger partial charge in [-0.05, 0) is 38.0 Å². The van der Waals surface area contributed by atoms with Crippen molar-refractivity contribution in [3.63, 3.8) is 0 Å². The van der Waals surface area contributed by atoms with E-state index in [0.717, 1.165) is 18.9 Å². The van der Waals surface area contributed by atoms with Crippen LogP contribution in [0.2, 0.25) is 0 Å². The van der Waals surface area contributed by atoms with E-state index in [-0.39, 0.29) is 17.6 Å². The quantitative estimate of drug-likeness (QED) is 0.871. The molecule has 3 nitrogen and oxygen atoms in total. The van der Waals surface area contributed by atoms with Gasteiger partial charge in [0, 0.05) is 16.2 Å². The lowest BCUT2D eigenvalue weighted by Gasteiger charge is -2.19. The Morgan fingerprint density at radius 3 is 2.60 bits per heavy atom. The SMILES string of the molecule is CC(Nc1ccc(Br)cc1C(F)(F)F)C(=O)NC1CC1. The lowest BCUT2D eigenvalue weighted by Crippen LogP contribution is -2.39. The highest BCUT2D eigenvalue weighted by Gasteiger charge is 2.34. The Kier molecular flexibility index (Phi) is 4.27. The van der Waals surface area contributed by atoms with Gasteiger partial charge in [-0.1, -0.05) is 15.9 Å². The topological polar surface area (TPSA) is 41.1 Å². The highest BCUT2D eigenvalue weighted by Crippen LogP contribution is 2.36. The minimum Gasteiger partial charge on any atom is -0.373 e. The summed E-state index contributed by atoms with van der Waals surface area (Å²) in [6, 6.07) is 3.27. The van der Waals surface area contributed by atoms with E-state index in [4.69, 9.17) is 0 Å². The summed E-state index contributed by atoms with van der Waals surface area (Å²) in [5.41, 5.74) is -0.892. The van der Waals surface area contributed by atoms with Gasteiger partial charge in [0.25, 0.3) is 0 Å². The number of amides is 1. The fourth-order valence-corrected chi connectivity index (χ4v) is 2.09. The van der Waals surface area contributed by atoms with Crippen LogP contribution in [0, 0.1) is 0 Å². The smallest absolute Gasteiger partial charge is 0.373 e. The van der Waals surface area contributed by atoms with Gasteiger partial charge in [-0.3, -0.25) is 4.79 Å². The molecule has 1 saturated carbocycles. The maximum atomic E-state index is 12.9. The van der Waals surface area contributed by atoms with E-state index in [2.05, 4.69) is 26.6 Å². The van der Waals surface area contributed by atoms with Crippen molar-refractivity contribution >= 4 is 27.5 Å². The van der Waals surface area contributed by atoms with Gasteiger partial charge in [0.15, 0.2) is 0 Å². The first-order valence-electron chi connectivity index (χ1n) is 6.21. The summed E-state index contributed by atoms with van der Waals surface area (Å²) < 4.78 is 39.2. The first kappa shape index (κ1) is 15.2. The molecule has 0 aliphatic heterocycles. The highest BCUT2D eigenvalue weighted by atomic mass is 79.9. The van der Waals surface area contributed by atoms with Gasteiger partial charge in [-0.25, -0.2) is 0 Å². The summed E-state index contributed by atoms with van der Waals surface area (Å²) in [6.45, 7) is 1.54. The largest absolute Gasteiger partial charge is 0.418 e. The van der Waals surface area contributed by atoms with E-state index in [0.29, 0.717) is 4.47 Å². The van der Waals surface area contributed by atoms with E-state index >= 15 is 0 Å². The van der Waals surface area contributed by atoms with Gasteiger partial charge in [-0.15, -0.1) is 0 Å². The number of alkyl halides is 3. The Labute approximate surface area is 123 Å². The summed E-state index contributed by atoms with van der Waals surface area (Å²) in [5.74, 6) is -0.288. The Hall–Kier alpha value is -1.24. The van der Waals surface area contributed by atoms with Crippen LogP contribution in [0.25, 0.3) is 0 Å². The third-order valence-electron chi connectivity index (χ3n) is 2.98. The average Bonchev–Trinajstić information content (AvgIpc) is 3.13. The molecule has 2 rings (SSSR count). The molecule has 0 heterocycles. The molecule has 20 heavy (non-hydrogen) atoms. The summed E-state index contributed by atoms with van der Waals surface area (Å²) in [4.78, 5) is 11.8. The normalized spacial score (nSPS) is 16.6. The van der Waals surface area contributed by atoms with Crippen LogP contribution >= 0.6 is 15.9 Å². The molecule has 1 aromatic rings. The summed E-state index contributed by atoms with van der Waals surface area (Å²) >= 11 is 3.02. The molecule has 0 spiro atoms. The molecule has 1 amide bonds. The summed E-state index contributed by atoms with van der Waals surface area (Å²) in [5, 5.41) is 5.38. The number of hydrogen-bond acceptors (Lipinski definition) is 2. The van der Waals surface area contributed by atoms with Gasteiger partial charge >= 0.3 is 6.18 Å². The van der Waals surface area contributed by atoms with Crippen LogP contribution in [0.1, 0.15) is 25.3 Å². The third-order valence-corrected chi connectivity index (χ3v) is 3.47. The molecule has 1 aromatic carbocycles. The van der Waals surface area contributed by atoms with Gasteiger partial charge in [0.2, 0.25) is 5.91 Å². The molecule has 0 saturated heterocycles. The van der Waals surface area contributed by atoms with Crippen LogP contribution in [-0.2, 0) is 11.0 Å². The number of nitrogens with one attached hydrogen (secondary N) is 2. The minimum absolute atomic E-state index is 0.0980. The van der Waals surface area contributed by atoms with E-state index < -0.39 is 17.8 Å². The molecule has 7 heteroatoms. The molecule has 2 N–H and O–H groups in total. The van der Waals surface area contributed by atoms with Crippen molar-refractivity contribution in [3.8, 4) is 0 Å². The van der Waals surface area contributed by atoms with E-state index in [1.165, 1.54) is 12.1 Å². The molecule has 0 aromatic heterocycles. The number of rotatable bonds is 4. The summed E-state index contributed by atoms with van der Waals surface area (Å²) in [7, 11) is 0. The first-order chi connectivity index (χ1) is 9.27. The number of anilines is 1. The molecule has 1 fully saturated rings. The van der Waals surface area contributed by atoms with Crippen molar-refractivity contribution in [2.75, 3.05) is 5.32 Å². The Balaban J connectivity index is 2.13. The maximum Gasteiger partial charge on any atom is 0.418 e. The van der Waals surface area contributed by atoms with Crippen molar-refractivity contribution in [3.05, 3.63) is 28.2 Å². The van der Waals surface area contributed by atoms with Crippen molar-refractivity contribution in [2.24, 2.45) is 0 Å². The average molecular weight is 351 g/mol. The van der Waals surface area contributed by atoms with Crippen molar-refractivity contribution in [2.45, 2.75) is 38.0 Å². The van der Waals surface area contributed by atoms with Crippen molar-refractivity contribution < 1.29 is 18.0 Å². The Bertz CT molecular complexity index is 515. The number of carbonyl (C=O) groups is 1. The van der Waals surface area contributed by atoms with Gasteiger partial charge in [0.05, 0.1) is 5.56 Å². The van der Waals surface area contributed by atoms with Crippen LogP contribution in [0.3, 0.4) is 0 Å². The molecular weight excluding hydrogens is 337 g/mol. The zero-order chi connectivity index (χ0) is 14.9. The molecule has 1 unspecified atom stereocenters. The highest BCUT2D eigenvalue weighted by molar-refractivity contribution is 9.10. The molecule has 1 aliphatic rings. The minimum atomic E-state index is -4.47. The predicted molar refractivity (Wildman–Crippen MR) is 73.4 cm³/mol. The zero-order valence-electron chi connectivity index (χ0n) is 10.7. The molecular formula is C13H14BrF3N2O. The van der Waals surface area contributed by atoms with Crippen molar-refractivity contribution in [1.82, 2.24) is 5.32 Å². The number of benzene rings is 1. The second-order valence-electron chi connectivity index (χ2n) is 4.84. The lowest BCUT2D eigenvalue weighted by atomic mass is 10.1. The number of hydrogen-bond donors (Lipinski definition) is 2. The van der Waals surface area contributed by atoms with Gasteiger partial charge < -0.3 is 10.6 Å². The van der Waals surface area contributed by atoms with Crippen LogP contribution in [0.4, 0.5) is 18.9 Å². The molecule has 1 atom stereocenters. The molecule has 0 bridgehead atoms. The van der Waals surface area contributed by atoms with Crippen LogP contribution in [-0.4, -0.2) is 18.0 Å². The standard InChI is InChI=1S/C13H14BrF3N2O/c1-7(12(20)19-9-3-4-9)18-11-5-2-8(14)6-10(11)13(15,16)17/h2,5-7,9,18H,3-4H2,1H3,(H,19,20). The Morgan fingerprint density at radius 2 is 2.05 bits per heavy atom. The summed E-state index contributed by atoms with van der Waals surface area (Å²) in [6.07, 6.45) is -2.60. The van der Waals surface area contributed by atoms with Gasteiger partial charge in [0.1, 0.15) is 6.04 Å². The maximum absolute atomic E-state index is 12.9. The fraction of sp³-hybridized carbons (Fsp3) is 0.462. The predicted octanol–water partition coefficient (Wildman–Crippen LogP) is 3.55. The monoisotopic (exact) mass is 350 g/mol. The van der Waals surface area contributed by atoms with Crippen LogP contribution in [0.15, 0.2) is 22.7 Å². The second-order valence-corrected chi connectivity index (χ2v) is 5.75. The lowest BCUT2D eigenvalue weighted by molar-refractivity contribution is -0.137. The van der Waals surface area contributed by atoms with Gasteiger partial charge in [-0.2, -0.15) is 13.2 Å². The fourth-order valence-electron chi connectivity index (χ4n) is 1.73. The van der Waals surface area contributed by atoms with Crippen LogP contribution in [0.5, 0.6) is 0 Å². The Morgan fingerprint density at radius 1 is 1.40 bits per heavy atom. The van der Waals surface area contributed by atoms with E-state index in [1.807, 2.05) is 0 Å². The van der Waals surface area contributed by atoms with E-state index in [9.17, 15) is 18.0 Å². The number of carbonyl (C=O) groups excluding carboxylic acids is 1. The van der Waals surface area contributed by atoms with Crippen molar-refractivity contribution in [1.29, 1.82) is 0 Å². The number of halogens is 4. The zero-order valence-corrected chi connectivity index (χ0v) is 12.3. The second kappa shape index (κ2) is 5.63. The third kappa shape index (κ3) is 3.88. The van der Waals surface area contributed by atoms with Crippen LogP contribution < -0.4 is 10.6 Å². The molecule has 1 aliphatic carbocycles. The molecule has 0 radical (unpaired) electrons.